The van der Waals surface area contributed by atoms with E-state index in [2.05, 4.69) is 106 Å². The van der Waals surface area contributed by atoms with Gasteiger partial charge in [0.05, 0.1) is 33.1 Å². The van der Waals surface area contributed by atoms with Crippen molar-refractivity contribution >= 4 is 87.8 Å². The molecule has 2 nitrogen and oxygen atoms in total. The fraction of sp³-hybridized carbons (Fsp3) is 0. The topological polar surface area (TPSA) is 8.82 Å². The standard InChI is InChI=1S/C32H17ClN2/c33-18-13-14-24-28(17-18)35-27-12-6-5-11-26(27)34-25-10-4-3-8-20(25)23-16-15-22-19-7-1-2-9-21(19)29(24)32(35)30(22)31(23)34/h1-17H. The molecule has 0 saturated carbocycles. The zero-order valence-corrected chi connectivity index (χ0v) is 19.3. The molecule has 3 aromatic heterocycles. The van der Waals surface area contributed by atoms with Gasteiger partial charge in [-0.3, -0.25) is 0 Å². The van der Waals surface area contributed by atoms with Gasteiger partial charge in [0.25, 0.3) is 0 Å². The van der Waals surface area contributed by atoms with Crippen molar-refractivity contribution in [2.75, 3.05) is 0 Å². The Morgan fingerprint density at radius 2 is 0.971 bits per heavy atom. The smallest absolute Gasteiger partial charge is 0.0703 e. The van der Waals surface area contributed by atoms with Crippen LogP contribution in [-0.4, -0.2) is 8.80 Å². The first kappa shape index (κ1) is 18.1. The molecule has 0 spiro atoms. The second-order valence-electron chi connectivity index (χ2n) is 9.49. The van der Waals surface area contributed by atoms with Crippen molar-refractivity contribution in [3.63, 3.8) is 0 Å². The van der Waals surface area contributed by atoms with Gasteiger partial charge < -0.3 is 8.80 Å². The molecule has 0 saturated heterocycles. The summed E-state index contributed by atoms with van der Waals surface area (Å²) in [6, 6.07) is 37.3. The van der Waals surface area contributed by atoms with Crippen molar-refractivity contribution in [2.45, 2.75) is 0 Å². The van der Waals surface area contributed by atoms with Crippen LogP contribution in [0.5, 0.6) is 0 Å². The number of nitrogens with zero attached hydrogens (tertiary/aromatic N) is 2. The Balaban J connectivity index is 1.85. The van der Waals surface area contributed by atoms with Crippen LogP contribution in [0.3, 0.4) is 0 Å². The van der Waals surface area contributed by atoms with Gasteiger partial charge in [-0.05, 0) is 46.5 Å². The molecule has 0 amide bonds. The molecule has 9 aromatic rings. The Hall–Kier alpha value is -4.27. The van der Waals surface area contributed by atoms with Crippen LogP contribution in [0.25, 0.3) is 76.2 Å². The van der Waals surface area contributed by atoms with E-state index in [-0.39, 0.29) is 0 Å². The normalized spacial score (nSPS) is 12.7. The number of benzene rings is 6. The maximum atomic E-state index is 6.60. The summed E-state index contributed by atoms with van der Waals surface area (Å²) in [5, 5.41) is 11.0. The van der Waals surface area contributed by atoms with Gasteiger partial charge in [-0.1, -0.05) is 84.4 Å². The predicted molar refractivity (Wildman–Crippen MR) is 150 cm³/mol. The number of hydrogen-bond acceptors (Lipinski definition) is 0. The zero-order valence-electron chi connectivity index (χ0n) is 18.6. The number of halogens is 1. The van der Waals surface area contributed by atoms with Gasteiger partial charge in [-0.25, -0.2) is 0 Å². The summed E-state index contributed by atoms with van der Waals surface area (Å²) < 4.78 is 4.92. The molecule has 0 aliphatic carbocycles. The summed E-state index contributed by atoms with van der Waals surface area (Å²) in [6.45, 7) is 0. The molecule has 0 bridgehead atoms. The van der Waals surface area contributed by atoms with E-state index < -0.39 is 0 Å². The molecule has 0 atom stereocenters. The number of rotatable bonds is 0. The predicted octanol–water partition coefficient (Wildman–Crippen LogP) is 9.20. The van der Waals surface area contributed by atoms with Gasteiger partial charge in [0, 0.05) is 32.0 Å². The van der Waals surface area contributed by atoms with Gasteiger partial charge in [0.2, 0.25) is 0 Å². The third kappa shape index (κ3) is 2.01. The highest BCUT2D eigenvalue weighted by molar-refractivity contribution is 6.38. The molecule has 0 unspecified atom stereocenters. The number of fused-ring (bicyclic) bond motifs is 12. The molecular weight excluding hydrogens is 448 g/mol. The van der Waals surface area contributed by atoms with Crippen LogP contribution < -0.4 is 0 Å². The van der Waals surface area contributed by atoms with E-state index in [1.807, 2.05) is 6.07 Å². The average Bonchev–Trinajstić information content (AvgIpc) is 3.37. The Labute approximate surface area is 204 Å². The molecule has 0 aliphatic rings. The monoisotopic (exact) mass is 464 g/mol. The number of aromatic nitrogens is 2. The van der Waals surface area contributed by atoms with Crippen LogP contribution >= 0.6 is 11.6 Å². The van der Waals surface area contributed by atoms with Crippen LogP contribution in [-0.2, 0) is 0 Å². The maximum absolute atomic E-state index is 6.60. The zero-order chi connectivity index (χ0) is 22.8. The Bertz CT molecular complexity index is 2330. The molecule has 0 N–H and O–H groups in total. The first-order valence-electron chi connectivity index (χ1n) is 11.9. The van der Waals surface area contributed by atoms with Crippen molar-refractivity contribution < 1.29 is 0 Å². The fourth-order valence-electron chi connectivity index (χ4n) is 6.57. The molecule has 9 rings (SSSR count). The van der Waals surface area contributed by atoms with Gasteiger partial charge in [-0.15, -0.1) is 0 Å². The van der Waals surface area contributed by atoms with Crippen LogP contribution in [0.1, 0.15) is 0 Å². The summed E-state index contributed by atoms with van der Waals surface area (Å²) in [5.41, 5.74) is 7.27. The van der Waals surface area contributed by atoms with E-state index in [4.69, 9.17) is 11.6 Å². The Kier molecular flexibility index (Phi) is 3.13. The Morgan fingerprint density at radius 1 is 0.400 bits per heavy atom. The first-order valence-corrected chi connectivity index (χ1v) is 12.3. The summed E-state index contributed by atoms with van der Waals surface area (Å²) >= 11 is 6.60. The largest absolute Gasteiger partial charge is 0.306 e. The molecule has 6 aromatic carbocycles. The van der Waals surface area contributed by atoms with Gasteiger partial charge in [-0.2, -0.15) is 0 Å². The lowest BCUT2D eigenvalue weighted by Gasteiger charge is -2.09. The molecule has 0 fully saturated rings. The van der Waals surface area contributed by atoms with Gasteiger partial charge >= 0.3 is 0 Å². The highest BCUT2D eigenvalue weighted by Crippen LogP contribution is 2.46. The van der Waals surface area contributed by atoms with E-state index >= 15 is 0 Å². The van der Waals surface area contributed by atoms with Crippen molar-refractivity contribution in [2.24, 2.45) is 0 Å². The Morgan fingerprint density at radius 3 is 1.77 bits per heavy atom. The molecule has 35 heavy (non-hydrogen) atoms. The summed E-state index contributed by atoms with van der Waals surface area (Å²) in [6.07, 6.45) is 0. The fourth-order valence-corrected chi connectivity index (χ4v) is 6.74. The number of para-hydroxylation sites is 3. The van der Waals surface area contributed by atoms with Gasteiger partial charge in [0.15, 0.2) is 0 Å². The highest BCUT2D eigenvalue weighted by Gasteiger charge is 2.23. The van der Waals surface area contributed by atoms with Gasteiger partial charge in [0.1, 0.15) is 0 Å². The molecule has 0 radical (unpaired) electrons. The van der Waals surface area contributed by atoms with E-state index in [1.54, 1.807) is 0 Å². The van der Waals surface area contributed by atoms with Crippen LogP contribution in [0.15, 0.2) is 103 Å². The van der Waals surface area contributed by atoms with Crippen LogP contribution in [0.2, 0.25) is 5.02 Å². The van der Waals surface area contributed by atoms with Crippen molar-refractivity contribution in [3.8, 4) is 0 Å². The minimum Gasteiger partial charge on any atom is -0.306 e. The van der Waals surface area contributed by atoms with Crippen molar-refractivity contribution in [1.29, 1.82) is 0 Å². The second kappa shape index (κ2) is 6.04. The lowest BCUT2D eigenvalue weighted by atomic mass is 9.95. The lowest BCUT2D eigenvalue weighted by Crippen LogP contribution is -1.87. The molecular formula is C32H17ClN2. The summed E-state index contributed by atoms with van der Waals surface area (Å²) in [5.74, 6) is 0. The molecule has 0 aliphatic heterocycles. The minimum atomic E-state index is 0.752. The maximum Gasteiger partial charge on any atom is 0.0703 e. The first-order chi connectivity index (χ1) is 17.3. The molecule has 162 valence electrons. The van der Waals surface area contributed by atoms with E-state index in [1.165, 1.54) is 70.7 Å². The molecule has 3 heterocycles. The summed E-state index contributed by atoms with van der Waals surface area (Å²) in [4.78, 5) is 0. The average molecular weight is 465 g/mol. The van der Waals surface area contributed by atoms with Crippen LogP contribution in [0.4, 0.5) is 0 Å². The summed E-state index contributed by atoms with van der Waals surface area (Å²) in [7, 11) is 0. The molecule has 3 heteroatoms. The third-order valence-corrected chi connectivity index (χ3v) is 8.09. The number of hydrogen-bond donors (Lipinski definition) is 0. The second-order valence-corrected chi connectivity index (χ2v) is 9.93. The van der Waals surface area contributed by atoms with Crippen LogP contribution in [0, 0.1) is 0 Å². The van der Waals surface area contributed by atoms with E-state index in [0.29, 0.717) is 0 Å². The van der Waals surface area contributed by atoms with Crippen molar-refractivity contribution in [1.82, 2.24) is 8.80 Å². The van der Waals surface area contributed by atoms with Crippen molar-refractivity contribution in [3.05, 3.63) is 108 Å². The quantitative estimate of drug-likeness (QED) is 0.198. The highest BCUT2D eigenvalue weighted by atomic mass is 35.5. The SMILES string of the molecule is Clc1ccc2c3c4ccccc4c4ccc5c6ccccc6n6c7ccccc7n(c2c1)c3c4c56. The lowest BCUT2D eigenvalue weighted by molar-refractivity contribution is 1.31. The van der Waals surface area contributed by atoms with E-state index in [9.17, 15) is 0 Å². The van der Waals surface area contributed by atoms with E-state index in [0.717, 1.165) is 10.5 Å². The minimum absolute atomic E-state index is 0.752. The third-order valence-electron chi connectivity index (χ3n) is 7.85.